The first kappa shape index (κ1) is 35.9. The van der Waals surface area contributed by atoms with E-state index in [1.165, 1.54) is 20.8 Å². The second kappa shape index (κ2) is 25.5. The van der Waals surface area contributed by atoms with Crippen molar-refractivity contribution in [1.29, 1.82) is 0 Å². The van der Waals surface area contributed by atoms with Gasteiger partial charge in [0.1, 0.15) is 0 Å². The molecule has 0 aromatic rings. The van der Waals surface area contributed by atoms with E-state index in [0.717, 1.165) is 38.5 Å². The summed E-state index contributed by atoms with van der Waals surface area (Å²) in [5.74, 6) is -2.74. The van der Waals surface area contributed by atoms with Crippen molar-refractivity contribution in [3.8, 4) is 0 Å². The molecular weight excluding hydrogens is 408 g/mol. The van der Waals surface area contributed by atoms with Gasteiger partial charge in [-0.25, -0.2) is 14.4 Å². The monoisotopic (exact) mass is 448 g/mol. The fourth-order valence-corrected chi connectivity index (χ4v) is 1.32. The first-order valence-electron chi connectivity index (χ1n) is 9.77. The lowest BCUT2D eigenvalue weighted by Crippen LogP contribution is -2.10. The summed E-state index contributed by atoms with van der Waals surface area (Å²) in [7, 11) is 0. The van der Waals surface area contributed by atoms with Crippen LogP contribution in [-0.4, -0.2) is 68.4 Å². The van der Waals surface area contributed by atoms with Gasteiger partial charge in [-0.1, -0.05) is 45.4 Å². The smallest absolute Gasteiger partial charge is 0.330 e. The molecule has 0 fully saturated rings. The van der Waals surface area contributed by atoms with Crippen molar-refractivity contribution in [1.82, 2.24) is 0 Å². The first-order chi connectivity index (χ1) is 14.3. The fourth-order valence-electron chi connectivity index (χ4n) is 1.32. The zero-order chi connectivity index (χ0) is 25.4. The Morgan fingerprint density at radius 1 is 0.613 bits per heavy atom. The summed E-state index contributed by atoms with van der Waals surface area (Å²) in [6, 6.07) is 0. The quantitative estimate of drug-likeness (QED) is 0.194. The van der Waals surface area contributed by atoms with Gasteiger partial charge in [0.25, 0.3) is 0 Å². The lowest BCUT2D eigenvalue weighted by atomic mass is 10.0. The Morgan fingerprint density at radius 3 is 1.10 bits per heavy atom. The van der Waals surface area contributed by atoms with E-state index >= 15 is 0 Å². The van der Waals surface area contributed by atoms with Gasteiger partial charge in [-0.3, -0.25) is 0 Å². The Labute approximate surface area is 185 Å². The summed E-state index contributed by atoms with van der Waals surface area (Å²) in [5, 5.41) is 49.7. The lowest BCUT2D eigenvalue weighted by molar-refractivity contribution is -0.133. The van der Waals surface area contributed by atoms with Gasteiger partial charge in [0.15, 0.2) is 0 Å². The number of aliphatic hydroxyl groups excluding tert-OH is 3. The average molecular weight is 449 g/mol. The predicted molar refractivity (Wildman–Crippen MR) is 120 cm³/mol. The van der Waals surface area contributed by atoms with Gasteiger partial charge < -0.3 is 30.6 Å². The molecule has 0 heterocycles. The van der Waals surface area contributed by atoms with Crippen LogP contribution >= 0.6 is 0 Å². The van der Waals surface area contributed by atoms with Crippen LogP contribution in [0.4, 0.5) is 0 Å². The minimum Gasteiger partial charge on any atom is -0.478 e. The van der Waals surface area contributed by atoms with E-state index in [9.17, 15) is 14.4 Å². The van der Waals surface area contributed by atoms with E-state index in [1.54, 1.807) is 0 Å². The summed E-state index contributed by atoms with van der Waals surface area (Å²) < 4.78 is 0. The van der Waals surface area contributed by atoms with Crippen LogP contribution in [0.2, 0.25) is 0 Å². The molecule has 0 bridgehead atoms. The van der Waals surface area contributed by atoms with Crippen LogP contribution in [0.3, 0.4) is 0 Å². The predicted octanol–water partition coefficient (Wildman–Crippen LogP) is 2.86. The number of carbonyl (C=O) groups is 3. The Hall–Kier alpha value is -2.49. The molecule has 9 heteroatoms. The lowest BCUT2D eigenvalue weighted by Gasteiger charge is -2.09. The highest BCUT2D eigenvalue weighted by atomic mass is 16.4. The van der Waals surface area contributed by atoms with Crippen molar-refractivity contribution in [3.63, 3.8) is 0 Å². The van der Waals surface area contributed by atoms with Gasteiger partial charge in [-0.15, -0.1) is 0 Å². The second-order valence-corrected chi connectivity index (χ2v) is 6.77. The molecule has 6 N–H and O–H groups in total. The third-order valence-electron chi connectivity index (χ3n) is 3.38. The van der Waals surface area contributed by atoms with Crippen LogP contribution in [0.25, 0.3) is 0 Å². The number of aliphatic hydroxyl groups is 3. The molecule has 182 valence electrons. The zero-order valence-corrected chi connectivity index (χ0v) is 19.0. The molecule has 9 nitrogen and oxygen atoms in total. The summed E-state index contributed by atoms with van der Waals surface area (Å²) >= 11 is 0. The van der Waals surface area contributed by atoms with Gasteiger partial charge in [0, 0.05) is 42.5 Å². The summed E-state index contributed by atoms with van der Waals surface area (Å²) in [6.07, 6.45) is 6.23. The maximum atomic E-state index is 9.60. The number of carboxylic acid groups (broad SMARTS) is 3. The van der Waals surface area contributed by atoms with Crippen LogP contribution in [0.15, 0.2) is 36.5 Å². The third kappa shape index (κ3) is 38.7. The number of hydrogen-bond acceptors (Lipinski definition) is 6. The van der Waals surface area contributed by atoms with Crippen molar-refractivity contribution >= 4 is 17.9 Å². The summed E-state index contributed by atoms with van der Waals surface area (Å²) in [5.41, 5.74) is 0.528. The van der Waals surface area contributed by atoms with Gasteiger partial charge in [-0.05, 0) is 33.6 Å². The zero-order valence-electron chi connectivity index (χ0n) is 19.0. The molecule has 31 heavy (non-hydrogen) atoms. The molecule has 0 aromatic carbocycles. The van der Waals surface area contributed by atoms with Crippen LogP contribution in [0, 0.1) is 5.92 Å². The van der Waals surface area contributed by atoms with Crippen LogP contribution in [0.1, 0.15) is 59.3 Å². The highest BCUT2D eigenvalue weighted by molar-refractivity contribution is 5.85. The van der Waals surface area contributed by atoms with Gasteiger partial charge in [0.2, 0.25) is 0 Å². The minimum absolute atomic E-state index is 0.0674. The van der Waals surface area contributed by atoms with Crippen LogP contribution in [0.5, 0.6) is 0 Å². The number of hydrogen-bond donors (Lipinski definition) is 6. The van der Waals surface area contributed by atoms with Crippen molar-refractivity contribution in [2.24, 2.45) is 5.92 Å². The van der Waals surface area contributed by atoms with Gasteiger partial charge >= 0.3 is 17.9 Å². The van der Waals surface area contributed by atoms with Gasteiger partial charge in [0.05, 0.1) is 0 Å². The second-order valence-electron chi connectivity index (χ2n) is 6.77. The molecular formula is C22H40O9. The largest absolute Gasteiger partial charge is 0.478 e. The average Bonchev–Trinajstić information content (AvgIpc) is 2.68. The number of rotatable bonds is 12. The van der Waals surface area contributed by atoms with E-state index in [0.29, 0.717) is 0 Å². The Morgan fingerprint density at radius 2 is 0.871 bits per heavy atom. The highest BCUT2D eigenvalue weighted by Gasteiger charge is 2.04. The molecule has 0 aliphatic carbocycles. The summed E-state index contributed by atoms with van der Waals surface area (Å²) in [4.78, 5) is 28.8. The van der Waals surface area contributed by atoms with Crippen LogP contribution in [-0.2, 0) is 14.4 Å². The summed E-state index contributed by atoms with van der Waals surface area (Å²) in [6.45, 7) is 14.3. The first-order valence-corrected chi connectivity index (χ1v) is 9.77. The van der Waals surface area contributed by atoms with Crippen molar-refractivity contribution < 1.29 is 45.0 Å². The molecule has 0 aromatic heterocycles. The van der Waals surface area contributed by atoms with Crippen LogP contribution < -0.4 is 0 Å². The van der Waals surface area contributed by atoms with E-state index in [-0.39, 0.29) is 42.5 Å². The SMILES string of the molecule is C=C(C)C(=O)O.C=C(C)C(=O)O.C=C(C)C(=O)O.OCCCCCCCC(CO)CO. The molecule has 0 unspecified atom stereocenters. The van der Waals surface area contributed by atoms with E-state index < -0.39 is 17.9 Å². The molecule has 0 aliphatic heterocycles. The maximum Gasteiger partial charge on any atom is 0.330 e. The van der Waals surface area contributed by atoms with E-state index in [1.807, 2.05) is 0 Å². The topological polar surface area (TPSA) is 173 Å². The minimum atomic E-state index is -0.935. The highest BCUT2D eigenvalue weighted by Crippen LogP contribution is 2.10. The fraction of sp³-hybridized carbons (Fsp3) is 0.591. The molecule has 0 saturated carbocycles. The van der Waals surface area contributed by atoms with Crippen molar-refractivity contribution in [2.75, 3.05) is 19.8 Å². The normalized spacial score (nSPS) is 9.00. The maximum absolute atomic E-state index is 9.60. The molecule has 0 radical (unpaired) electrons. The Balaban J connectivity index is -0.000000171. The van der Waals surface area contributed by atoms with Gasteiger partial charge in [-0.2, -0.15) is 0 Å². The Bertz CT molecular complexity index is 442. The van der Waals surface area contributed by atoms with Crippen molar-refractivity contribution in [2.45, 2.75) is 59.3 Å². The molecule has 0 aliphatic rings. The molecule has 0 rings (SSSR count). The van der Waals surface area contributed by atoms with E-state index in [2.05, 4.69) is 19.7 Å². The van der Waals surface area contributed by atoms with E-state index in [4.69, 9.17) is 30.6 Å². The number of carboxylic acids is 3. The Kier molecular flexibility index (Phi) is 29.6. The molecule has 0 atom stereocenters. The third-order valence-corrected chi connectivity index (χ3v) is 3.38. The number of aliphatic carboxylic acids is 3. The van der Waals surface area contributed by atoms with Crippen molar-refractivity contribution in [3.05, 3.63) is 36.5 Å². The molecule has 0 saturated heterocycles. The molecule has 0 amide bonds. The number of unbranched alkanes of at least 4 members (excludes halogenated alkanes) is 4. The molecule has 0 spiro atoms. The standard InChI is InChI=1S/C10H22O3.3C4H6O2/c11-7-5-3-1-2-4-6-10(8-12)9-13;3*1-3(2)4(5)6/h10-13H,1-9H2;3*1H2,2H3,(H,5,6).